The normalized spacial score (nSPS) is 16.9. The lowest BCUT2D eigenvalue weighted by Gasteiger charge is -2.37. The maximum absolute atomic E-state index is 12.1. The lowest BCUT2D eigenvalue weighted by atomic mass is 9.69. The van der Waals surface area contributed by atoms with E-state index >= 15 is 0 Å². The van der Waals surface area contributed by atoms with E-state index in [4.69, 9.17) is 10.4 Å². The molecule has 0 amide bonds. The minimum Gasteiger partial charge on any atom is -0.481 e. The summed E-state index contributed by atoms with van der Waals surface area (Å²) in [4.78, 5) is 11.1. The fourth-order valence-electron chi connectivity index (χ4n) is 2.12. The van der Waals surface area contributed by atoms with Crippen LogP contribution in [0.5, 0.6) is 0 Å². The predicted octanol–water partition coefficient (Wildman–Crippen LogP) is 1.09. The van der Waals surface area contributed by atoms with Crippen molar-refractivity contribution in [3.05, 3.63) is 29.8 Å². The minimum absolute atomic E-state index is 0.0311. The molecule has 1 fully saturated rings. The first-order valence-electron chi connectivity index (χ1n) is 6.13. The smallest absolute Gasteiger partial charge is 0.310 e. The van der Waals surface area contributed by atoms with Gasteiger partial charge >= 0.3 is 5.97 Å². The molecule has 6 nitrogen and oxygen atoms in total. The van der Waals surface area contributed by atoms with Crippen molar-refractivity contribution in [1.29, 1.82) is 5.26 Å². The summed E-state index contributed by atoms with van der Waals surface area (Å²) < 4.78 is 26.5. The maximum atomic E-state index is 12.1. The Morgan fingerprint density at radius 2 is 2.15 bits per heavy atom. The van der Waals surface area contributed by atoms with E-state index in [1.54, 1.807) is 0 Å². The Hall–Kier alpha value is -1.91. The molecule has 0 bridgehead atoms. The average molecular weight is 294 g/mol. The van der Waals surface area contributed by atoms with Crippen molar-refractivity contribution < 1.29 is 18.3 Å². The van der Waals surface area contributed by atoms with Crippen molar-refractivity contribution in [3.8, 4) is 6.07 Å². The van der Waals surface area contributed by atoms with Crippen molar-refractivity contribution in [2.24, 2.45) is 5.41 Å². The number of sulfonamides is 1. The maximum Gasteiger partial charge on any atom is 0.310 e. The lowest BCUT2D eigenvalue weighted by Crippen LogP contribution is -2.47. The first-order chi connectivity index (χ1) is 9.39. The predicted molar refractivity (Wildman–Crippen MR) is 70.3 cm³/mol. The minimum atomic E-state index is -3.80. The first-order valence-corrected chi connectivity index (χ1v) is 7.61. The van der Waals surface area contributed by atoms with E-state index in [9.17, 15) is 13.2 Å². The van der Waals surface area contributed by atoms with Gasteiger partial charge in [-0.2, -0.15) is 5.26 Å². The van der Waals surface area contributed by atoms with E-state index in [0.29, 0.717) is 12.8 Å². The van der Waals surface area contributed by atoms with Gasteiger partial charge in [-0.3, -0.25) is 4.79 Å². The van der Waals surface area contributed by atoms with Gasteiger partial charge in [-0.15, -0.1) is 0 Å². The van der Waals surface area contributed by atoms with Crippen LogP contribution >= 0.6 is 0 Å². The number of hydrogen-bond acceptors (Lipinski definition) is 4. The molecule has 0 saturated heterocycles. The summed E-state index contributed by atoms with van der Waals surface area (Å²) in [7, 11) is -3.80. The highest BCUT2D eigenvalue weighted by atomic mass is 32.2. The van der Waals surface area contributed by atoms with E-state index < -0.39 is 21.4 Å². The molecule has 7 heteroatoms. The van der Waals surface area contributed by atoms with E-state index in [1.165, 1.54) is 24.3 Å². The Labute approximate surface area is 117 Å². The average Bonchev–Trinajstić information content (AvgIpc) is 2.37. The Balaban J connectivity index is 2.15. The highest BCUT2D eigenvalue weighted by Gasteiger charge is 2.44. The zero-order chi connectivity index (χ0) is 14.8. The standard InChI is InChI=1S/C13H14N2O4S/c14-8-10-3-1-4-11(7-10)20(18,19)15-9-13(12(16)17)5-2-6-13/h1,3-4,7,15H,2,5-6,9H2,(H,16,17). The van der Waals surface area contributed by atoms with Crippen LogP contribution in [0.3, 0.4) is 0 Å². The lowest BCUT2D eigenvalue weighted by molar-refractivity contribution is -0.153. The third-order valence-electron chi connectivity index (χ3n) is 3.64. The summed E-state index contributed by atoms with van der Waals surface area (Å²) in [6.07, 6.45) is 1.74. The third kappa shape index (κ3) is 2.66. The van der Waals surface area contributed by atoms with Crippen molar-refractivity contribution >= 4 is 16.0 Å². The quantitative estimate of drug-likeness (QED) is 0.845. The SMILES string of the molecule is N#Cc1cccc(S(=O)(=O)NCC2(C(=O)O)CCC2)c1. The highest BCUT2D eigenvalue weighted by molar-refractivity contribution is 7.89. The van der Waals surface area contributed by atoms with E-state index in [-0.39, 0.29) is 17.0 Å². The molecule has 1 aromatic rings. The number of nitrogens with one attached hydrogen (secondary N) is 1. The van der Waals surface area contributed by atoms with Gasteiger partial charge in [0.05, 0.1) is 21.9 Å². The van der Waals surface area contributed by atoms with Gasteiger partial charge in [0.1, 0.15) is 0 Å². The van der Waals surface area contributed by atoms with Gasteiger partial charge in [0, 0.05) is 6.54 Å². The summed E-state index contributed by atoms with van der Waals surface area (Å²) in [5.41, 5.74) is -0.746. The van der Waals surface area contributed by atoms with E-state index in [1.807, 2.05) is 6.07 Å². The zero-order valence-corrected chi connectivity index (χ0v) is 11.5. The van der Waals surface area contributed by atoms with Crippen LogP contribution in [0.2, 0.25) is 0 Å². The van der Waals surface area contributed by atoms with Crippen LogP contribution < -0.4 is 4.72 Å². The number of rotatable bonds is 5. The molecule has 1 aliphatic carbocycles. The molecule has 0 spiro atoms. The van der Waals surface area contributed by atoms with Crippen LogP contribution in [0.25, 0.3) is 0 Å². The Morgan fingerprint density at radius 3 is 2.65 bits per heavy atom. The molecule has 20 heavy (non-hydrogen) atoms. The highest BCUT2D eigenvalue weighted by Crippen LogP contribution is 2.40. The first kappa shape index (κ1) is 14.5. The van der Waals surface area contributed by atoms with Crippen LogP contribution in [0.4, 0.5) is 0 Å². The molecule has 2 N–H and O–H groups in total. The molecule has 0 heterocycles. The number of carbonyl (C=O) groups is 1. The summed E-state index contributed by atoms with van der Waals surface area (Å²) >= 11 is 0. The summed E-state index contributed by atoms with van der Waals surface area (Å²) in [5, 5.41) is 17.9. The molecule has 2 rings (SSSR count). The van der Waals surface area contributed by atoms with Crippen molar-refractivity contribution in [1.82, 2.24) is 4.72 Å². The van der Waals surface area contributed by atoms with Gasteiger partial charge in [0.25, 0.3) is 0 Å². The summed E-state index contributed by atoms with van der Waals surface area (Å²) in [6, 6.07) is 7.48. The number of nitrogens with zero attached hydrogens (tertiary/aromatic N) is 1. The Morgan fingerprint density at radius 1 is 1.45 bits per heavy atom. The summed E-state index contributed by atoms with van der Waals surface area (Å²) in [6.45, 7) is -0.124. The van der Waals surface area contributed by atoms with Gasteiger partial charge in [-0.25, -0.2) is 13.1 Å². The number of carboxylic acids is 1. The largest absolute Gasteiger partial charge is 0.481 e. The van der Waals surface area contributed by atoms with Crippen LogP contribution in [0, 0.1) is 16.7 Å². The van der Waals surface area contributed by atoms with Crippen molar-refractivity contribution in [2.45, 2.75) is 24.2 Å². The fraction of sp³-hybridized carbons (Fsp3) is 0.385. The Kier molecular flexibility index (Phi) is 3.79. The zero-order valence-electron chi connectivity index (χ0n) is 10.7. The van der Waals surface area contributed by atoms with Crippen LogP contribution in [0.15, 0.2) is 29.2 Å². The molecular formula is C13H14N2O4S. The number of aliphatic carboxylic acids is 1. The van der Waals surface area contributed by atoms with Gasteiger partial charge in [-0.05, 0) is 31.0 Å². The molecule has 0 aromatic heterocycles. The molecule has 0 aliphatic heterocycles. The van der Waals surface area contributed by atoms with Gasteiger partial charge in [0.2, 0.25) is 10.0 Å². The molecule has 1 aliphatic rings. The topological polar surface area (TPSA) is 107 Å². The van der Waals surface area contributed by atoms with E-state index in [0.717, 1.165) is 6.42 Å². The molecule has 106 valence electrons. The summed E-state index contributed by atoms with van der Waals surface area (Å²) in [5.74, 6) is -0.975. The second kappa shape index (κ2) is 5.23. The second-order valence-electron chi connectivity index (χ2n) is 4.90. The molecular weight excluding hydrogens is 280 g/mol. The van der Waals surface area contributed by atoms with Gasteiger partial charge in [-0.1, -0.05) is 12.5 Å². The number of nitriles is 1. The van der Waals surface area contributed by atoms with Crippen LogP contribution in [-0.2, 0) is 14.8 Å². The van der Waals surface area contributed by atoms with E-state index in [2.05, 4.69) is 4.72 Å². The van der Waals surface area contributed by atoms with Gasteiger partial charge < -0.3 is 5.11 Å². The number of benzene rings is 1. The Bertz CT molecular complexity index is 672. The third-order valence-corrected chi connectivity index (χ3v) is 5.04. The second-order valence-corrected chi connectivity index (χ2v) is 6.67. The molecule has 1 saturated carbocycles. The molecule has 0 radical (unpaired) electrons. The number of hydrogen-bond donors (Lipinski definition) is 2. The molecule has 0 atom stereocenters. The molecule has 0 unspecified atom stereocenters. The van der Waals surface area contributed by atoms with Crippen LogP contribution in [0.1, 0.15) is 24.8 Å². The molecule has 1 aromatic carbocycles. The van der Waals surface area contributed by atoms with Crippen LogP contribution in [-0.4, -0.2) is 26.0 Å². The van der Waals surface area contributed by atoms with Gasteiger partial charge in [0.15, 0.2) is 0 Å². The van der Waals surface area contributed by atoms with Crippen molar-refractivity contribution in [3.63, 3.8) is 0 Å². The fourth-order valence-corrected chi connectivity index (χ4v) is 3.29. The number of carboxylic acid groups (broad SMARTS) is 1. The van der Waals surface area contributed by atoms with Crippen molar-refractivity contribution in [2.75, 3.05) is 6.54 Å². The monoisotopic (exact) mass is 294 g/mol.